The number of rotatable bonds is 4. The van der Waals surface area contributed by atoms with Crippen LogP contribution in [0.25, 0.3) is 0 Å². The molecule has 1 N–H and O–H groups in total. The lowest BCUT2D eigenvalue weighted by atomic mass is 9.95. The first kappa shape index (κ1) is 18.7. The second-order valence-electron chi connectivity index (χ2n) is 7.22. The minimum Gasteiger partial charge on any atom is -0.379 e. The van der Waals surface area contributed by atoms with Crippen molar-refractivity contribution in [3.63, 3.8) is 0 Å². The van der Waals surface area contributed by atoms with Gasteiger partial charge < -0.3 is 19.2 Å². The van der Waals surface area contributed by atoms with E-state index in [0.717, 1.165) is 17.8 Å². The zero-order valence-electron chi connectivity index (χ0n) is 15.0. The number of benzene rings is 1. The van der Waals surface area contributed by atoms with Crippen LogP contribution in [-0.4, -0.2) is 34.3 Å². The van der Waals surface area contributed by atoms with Crippen LogP contribution in [0.1, 0.15) is 29.3 Å². The maximum Gasteiger partial charge on any atom is 0.226 e. The van der Waals surface area contributed by atoms with Crippen LogP contribution in [0.2, 0.25) is 5.02 Å². The van der Waals surface area contributed by atoms with Crippen LogP contribution in [0.15, 0.2) is 18.2 Å². The van der Waals surface area contributed by atoms with E-state index in [2.05, 4.69) is 5.32 Å². The molecule has 8 heteroatoms. The number of aromatic nitrogens is 2. The van der Waals surface area contributed by atoms with Crippen molar-refractivity contribution in [2.75, 3.05) is 13.2 Å². The first-order chi connectivity index (χ1) is 12.9. The molecule has 0 spiro atoms. The molecule has 0 unspecified atom stereocenters. The van der Waals surface area contributed by atoms with Crippen molar-refractivity contribution in [3.05, 3.63) is 50.8 Å². The molecule has 0 aliphatic carbocycles. The SMILES string of the molecule is Cn1c(CC(=O)N[C@@H]2CCOC2)c2n(c1=S)C[C@H](c1cc(Cl)ccc1F)C2. The van der Waals surface area contributed by atoms with Gasteiger partial charge in [0.05, 0.1) is 19.1 Å². The number of hydrogen-bond acceptors (Lipinski definition) is 3. The number of ether oxygens (including phenoxy) is 1. The van der Waals surface area contributed by atoms with Crippen molar-refractivity contribution in [1.29, 1.82) is 0 Å². The van der Waals surface area contributed by atoms with E-state index in [4.69, 9.17) is 28.6 Å². The Balaban J connectivity index is 1.57. The smallest absolute Gasteiger partial charge is 0.226 e. The van der Waals surface area contributed by atoms with Gasteiger partial charge in [-0.25, -0.2) is 4.39 Å². The molecule has 3 heterocycles. The van der Waals surface area contributed by atoms with Crippen LogP contribution in [0.4, 0.5) is 4.39 Å². The summed E-state index contributed by atoms with van der Waals surface area (Å²) in [6.45, 7) is 1.84. The minimum absolute atomic E-state index is 0.0355. The normalized spacial score (nSPS) is 21.4. The largest absolute Gasteiger partial charge is 0.379 e. The number of nitrogens with zero attached hydrogens (tertiary/aromatic N) is 2. The highest BCUT2D eigenvalue weighted by molar-refractivity contribution is 7.71. The molecule has 0 saturated carbocycles. The number of hydrogen-bond donors (Lipinski definition) is 1. The lowest BCUT2D eigenvalue weighted by molar-refractivity contribution is -0.121. The molecule has 27 heavy (non-hydrogen) atoms. The van der Waals surface area contributed by atoms with Crippen molar-refractivity contribution in [2.24, 2.45) is 7.05 Å². The van der Waals surface area contributed by atoms with Gasteiger partial charge in [-0.15, -0.1) is 0 Å². The van der Waals surface area contributed by atoms with E-state index < -0.39 is 0 Å². The highest BCUT2D eigenvalue weighted by atomic mass is 35.5. The molecule has 2 aliphatic rings. The average molecular weight is 410 g/mol. The Hall–Kier alpha value is -1.70. The molecule has 1 amide bonds. The number of fused-ring (bicyclic) bond motifs is 1. The Morgan fingerprint density at radius 3 is 3.04 bits per heavy atom. The standard InChI is InChI=1S/C19H21ClFN3O2S/c1-23-16(8-18(25)22-13-4-5-26-10-13)17-6-11(9-24(17)19(23)27)14-7-12(20)2-3-15(14)21/h2-3,7,11,13H,4-6,8-10H2,1H3,(H,22,25)/t11-,13-/m1/s1. The Morgan fingerprint density at radius 1 is 1.48 bits per heavy atom. The Morgan fingerprint density at radius 2 is 2.30 bits per heavy atom. The molecule has 1 aromatic heterocycles. The van der Waals surface area contributed by atoms with E-state index in [1.54, 1.807) is 12.1 Å². The molecule has 144 valence electrons. The van der Waals surface area contributed by atoms with E-state index >= 15 is 0 Å². The molecule has 0 bridgehead atoms. The van der Waals surface area contributed by atoms with Crippen molar-refractivity contribution >= 4 is 29.7 Å². The van der Waals surface area contributed by atoms with E-state index in [1.807, 2.05) is 16.2 Å². The topological polar surface area (TPSA) is 48.2 Å². The third kappa shape index (κ3) is 3.56. The summed E-state index contributed by atoms with van der Waals surface area (Å²) in [4.78, 5) is 12.5. The fourth-order valence-electron chi connectivity index (χ4n) is 4.03. The molecule has 1 saturated heterocycles. The van der Waals surface area contributed by atoms with Crippen LogP contribution >= 0.6 is 23.8 Å². The number of carbonyl (C=O) groups excluding carboxylic acids is 1. The van der Waals surface area contributed by atoms with Gasteiger partial charge in [0.1, 0.15) is 5.82 Å². The maximum atomic E-state index is 14.3. The molecule has 1 fully saturated rings. The predicted octanol–water partition coefficient (Wildman–Crippen LogP) is 3.14. The quantitative estimate of drug-likeness (QED) is 0.789. The monoisotopic (exact) mass is 409 g/mol. The van der Waals surface area contributed by atoms with Gasteiger partial charge in [0.15, 0.2) is 4.77 Å². The first-order valence-electron chi connectivity index (χ1n) is 9.03. The van der Waals surface area contributed by atoms with E-state index in [-0.39, 0.29) is 30.1 Å². The number of nitrogens with one attached hydrogen (secondary N) is 1. The second-order valence-corrected chi connectivity index (χ2v) is 8.02. The highest BCUT2D eigenvalue weighted by Crippen LogP contribution is 2.35. The molecule has 5 nitrogen and oxygen atoms in total. The summed E-state index contributed by atoms with van der Waals surface area (Å²) in [5, 5.41) is 3.54. The van der Waals surface area contributed by atoms with Gasteiger partial charge in [-0.2, -0.15) is 0 Å². The van der Waals surface area contributed by atoms with Gasteiger partial charge in [0, 0.05) is 42.5 Å². The average Bonchev–Trinajstić information content (AvgIpc) is 3.33. The van der Waals surface area contributed by atoms with E-state index in [0.29, 0.717) is 41.5 Å². The molecule has 4 rings (SSSR count). The van der Waals surface area contributed by atoms with Gasteiger partial charge in [-0.3, -0.25) is 4.79 Å². The summed E-state index contributed by atoms with van der Waals surface area (Å²) < 4.78 is 24.2. The zero-order chi connectivity index (χ0) is 19.1. The lowest BCUT2D eigenvalue weighted by Crippen LogP contribution is -2.36. The van der Waals surface area contributed by atoms with Gasteiger partial charge in [-0.1, -0.05) is 11.6 Å². The molecule has 2 aromatic rings. The highest BCUT2D eigenvalue weighted by Gasteiger charge is 2.31. The first-order valence-corrected chi connectivity index (χ1v) is 9.82. The Labute approximate surface area is 167 Å². The summed E-state index contributed by atoms with van der Waals surface area (Å²) in [5.41, 5.74) is 2.49. The second kappa shape index (κ2) is 7.37. The summed E-state index contributed by atoms with van der Waals surface area (Å²) in [6.07, 6.45) is 1.73. The summed E-state index contributed by atoms with van der Waals surface area (Å²) in [6, 6.07) is 4.72. The zero-order valence-corrected chi connectivity index (χ0v) is 16.6. The number of amides is 1. The molecule has 2 atom stereocenters. The number of imidazole rings is 1. The number of carbonyl (C=O) groups is 1. The van der Waals surface area contributed by atoms with Gasteiger partial charge >= 0.3 is 0 Å². The Bertz CT molecular complexity index is 949. The fraction of sp³-hybridized carbons (Fsp3) is 0.474. The van der Waals surface area contributed by atoms with Crippen LogP contribution in [0, 0.1) is 10.6 Å². The predicted molar refractivity (Wildman–Crippen MR) is 103 cm³/mol. The van der Waals surface area contributed by atoms with E-state index in [1.165, 1.54) is 6.07 Å². The van der Waals surface area contributed by atoms with Crippen molar-refractivity contribution in [3.8, 4) is 0 Å². The van der Waals surface area contributed by atoms with Gasteiger partial charge in [0.25, 0.3) is 0 Å². The van der Waals surface area contributed by atoms with Crippen molar-refractivity contribution < 1.29 is 13.9 Å². The molecular formula is C19H21ClFN3O2S. The molecular weight excluding hydrogens is 389 g/mol. The lowest BCUT2D eigenvalue weighted by Gasteiger charge is -2.13. The van der Waals surface area contributed by atoms with Crippen LogP contribution in [-0.2, 0) is 36.0 Å². The maximum absolute atomic E-state index is 14.3. The molecule has 0 radical (unpaired) electrons. The van der Waals surface area contributed by atoms with E-state index in [9.17, 15) is 9.18 Å². The van der Waals surface area contributed by atoms with Crippen molar-refractivity contribution in [1.82, 2.24) is 14.5 Å². The third-order valence-electron chi connectivity index (χ3n) is 5.45. The summed E-state index contributed by atoms with van der Waals surface area (Å²) >= 11 is 11.6. The summed E-state index contributed by atoms with van der Waals surface area (Å²) in [7, 11) is 1.88. The van der Waals surface area contributed by atoms with Gasteiger partial charge in [-0.05, 0) is 48.8 Å². The van der Waals surface area contributed by atoms with Crippen LogP contribution in [0.5, 0.6) is 0 Å². The fourth-order valence-corrected chi connectivity index (χ4v) is 4.51. The van der Waals surface area contributed by atoms with Crippen molar-refractivity contribution in [2.45, 2.75) is 37.8 Å². The molecule has 2 aliphatic heterocycles. The Kier molecular flexibility index (Phi) is 5.09. The summed E-state index contributed by atoms with van der Waals surface area (Å²) in [5.74, 6) is -0.334. The molecule has 1 aromatic carbocycles. The van der Waals surface area contributed by atoms with Gasteiger partial charge in [0.2, 0.25) is 5.91 Å². The van der Waals surface area contributed by atoms with Crippen LogP contribution < -0.4 is 5.32 Å². The minimum atomic E-state index is -0.258. The number of halogens is 2. The third-order valence-corrected chi connectivity index (χ3v) is 6.17. The van der Waals surface area contributed by atoms with Crippen LogP contribution in [0.3, 0.4) is 0 Å².